The van der Waals surface area contributed by atoms with E-state index < -0.39 is 16.9 Å². The van der Waals surface area contributed by atoms with Gasteiger partial charge in [0.15, 0.2) is 5.13 Å². The van der Waals surface area contributed by atoms with Crippen molar-refractivity contribution in [1.29, 1.82) is 0 Å². The number of halogens is 1. The summed E-state index contributed by atoms with van der Waals surface area (Å²) in [6.07, 6.45) is 1.11. The number of thiazole rings is 1. The van der Waals surface area contributed by atoms with E-state index in [0.29, 0.717) is 24.5 Å². The molecule has 1 aliphatic rings. The number of benzene rings is 2. The fourth-order valence-corrected chi connectivity index (χ4v) is 4.42. The van der Waals surface area contributed by atoms with Crippen molar-refractivity contribution >= 4 is 55.8 Å². The largest absolute Gasteiger partial charge is 0.326 e. The van der Waals surface area contributed by atoms with Crippen LogP contribution in [-0.4, -0.2) is 39.2 Å². The molecule has 8 nitrogen and oxygen atoms in total. The van der Waals surface area contributed by atoms with E-state index >= 15 is 0 Å². The summed E-state index contributed by atoms with van der Waals surface area (Å²) in [4.78, 5) is 42.2. The molecule has 3 aromatic rings. The summed E-state index contributed by atoms with van der Waals surface area (Å²) in [5.41, 5.74) is 0.322. The van der Waals surface area contributed by atoms with E-state index in [1.165, 1.54) is 28.4 Å². The van der Waals surface area contributed by atoms with Crippen LogP contribution in [0.25, 0.3) is 10.2 Å². The Morgan fingerprint density at radius 1 is 1.28 bits per heavy atom. The molecular weight excluding hydrogens is 416 g/mol. The van der Waals surface area contributed by atoms with Crippen molar-refractivity contribution in [2.75, 3.05) is 11.9 Å². The molecule has 148 valence electrons. The highest BCUT2D eigenvalue weighted by Crippen LogP contribution is 2.29. The summed E-state index contributed by atoms with van der Waals surface area (Å²) >= 11 is 7.18. The number of amides is 2. The zero-order valence-electron chi connectivity index (χ0n) is 15.0. The van der Waals surface area contributed by atoms with Crippen LogP contribution in [-0.2, 0) is 4.79 Å². The van der Waals surface area contributed by atoms with Gasteiger partial charge in [-0.15, -0.1) is 0 Å². The van der Waals surface area contributed by atoms with Crippen LogP contribution in [0.2, 0.25) is 5.02 Å². The Morgan fingerprint density at radius 3 is 2.83 bits per heavy atom. The number of carbonyl (C=O) groups excluding carboxylic acids is 2. The first-order chi connectivity index (χ1) is 13.9. The standard InChI is InChI=1S/C19H15ClN4O4S/c20-11-7-8-12(15(10-11)24(27)28)18(26)23-9-3-5-14(23)17(25)22-19-21-13-4-1-2-6-16(13)29-19/h1-2,4,6-8,10,14H,3,5,9H2,(H,21,22,25). The summed E-state index contributed by atoms with van der Waals surface area (Å²) in [7, 11) is 0. The lowest BCUT2D eigenvalue weighted by Gasteiger charge is -2.23. The van der Waals surface area contributed by atoms with Crippen molar-refractivity contribution in [3.05, 3.63) is 63.2 Å². The summed E-state index contributed by atoms with van der Waals surface area (Å²) in [5.74, 6) is -0.915. The highest BCUT2D eigenvalue weighted by molar-refractivity contribution is 7.22. The van der Waals surface area contributed by atoms with Gasteiger partial charge in [0.2, 0.25) is 5.91 Å². The van der Waals surface area contributed by atoms with E-state index in [9.17, 15) is 19.7 Å². The molecule has 1 atom stereocenters. The maximum absolute atomic E-state index is 13.0. The highest BCUT2D eigenvalue weighted by Gasteiger charge is 2.37. The van der Waals surface area contributed by atoms with Crippen LogP contribution in [0.15, 0.2) is 42.5 Å². The predicted molar refractivity (Wildman–Crippen MR) is 110 cm³/mol. The number of nitrogens with one attached hydrogen (secondary N) is 1. The monoisotopic (exact) mass is 430 g/mol. The number of carbonyl (C=O) groups is 2. The molecule has 0 bridgehead atoms. The quantitative estimate of drug-likeness (QED) is 0.495. The lowest BCUT2D eigenvalue weighted by atomic mass is 10.1. The Kier molecular flexibility index (Phi) is 5.16. The lowest BCUT2D eigenvalue weighted by molar-refractivity contribution is -0.385. The van der Waals surface area contributed by atoms with Crippen LogP contribution < -0.4 is 5.32 Å². The second-order valence-corrected chi connectivity index (χ2v) is 8.02. The summed E-state index contributed by atoms with van der Waals surface area (Å²) in [5, 5.41) is 14.7. The van der Waals surface area contributed by atoms with Gasteiger partial charge in [-0.3, -0.25) is 19.7 Å². The van der Waals surface area contributed by atoms with E-state index in [0.717, 1.165) is 16.3 Å². The Morgan fingerprint density at radius 2 is 2.07 bits per heavy atom. The van der Waals surface area contributed by atoms with Gasteiger partial charge >= 0.3 is 0 Å². The topological polar surface area (TPSA) is 105 Å². The maximum atomic E-state index is 13.0. The fourth-order valence-electron chi connectivity index (χ4n) is 3.39. The van der Waals surface area contributed by atoms with Crippen molar-refractivity contribution in [3.8, 4) is 0 Å². The molecule has 1 fully saturated rings. The van der Waals surface area contributed by atoms with E-state index in [1.54, 1.807) is 0 Å². The first-order valence-electron chi connectivity index (χ1n) is 8.85. The number of hydrogen-bond donors (Lipinski definition) is 1. The second kappa shape index (κ2) is 7.76. The number of para-hydroxylation sites is 1. The van der Waals surface area contributed by atoms with Gasteiger partial charge in [0.1, 0.15) is 11.6 Å². The SMILES string of the molecule is O=C(Nc1nc2ccccc2s1)C1CCCN1C(=O)c1ccc(Cl)cc1[N+](=O)[O-]. The molecule has 0 aliphatic carbocycles. The second-order valence-electron chi connectivity index (χ2n) is 6.55. The summed E-state index contributed by atoms with van der Waals surface area (Å²) < 4.78 is 0.943. The number of anilines is 1. The Bertz CT molecular complexity index is 1100. The van der Waals surface area contributed by atoms with Gasteiger partial charge in [0, 0.05) is 17.6 Å². The molecule has 1 unspecified atom stereocenters. The van der Waals surface area contributed by atoms with E-state index in [1.807, 2.05) is 24.3 Å². The molecule has 0 radical (unpaired) electrons. The molecule has 1 saturated heterocycles. The zero-order chi connectivity index (χ0) is 20.5. The van der Waals surface area contributed by atoms with Gasteiger partial charge in [-0.1, -0.05) is 35.1 Å². The van der Waals surface area contributed by atoms with Crippen LogP contribution in [0.4, 0.5) is 10.8 Å². The van der Waals surface area contributed by atoms with Gasteiger partial charge < -0.3 is 10.2 Å². The van der Waals surface area contributed by atoms with Crippen molar-refractivity contribution in [2.45, 2.75) is 18.9 Å². The Balaban J connectivity index is 1.56. The van der Waals surface area contributed by atoms with Crippen LogP contribution in [0.1, 0.15) is 23.2 Å². The fraction of sp³-hybridized carbons (Fsp3) is 0.211. The van der Waals surface area contributed by atoms with Gasteiger partial charge in [0.25, 0.3) is 11.6 Å². The minimum absolute atomic E-state index is 0.0842. The van der Waals surface area contributed by atoms with Crippen molar-refractivity contribution in [2.24, 2.45) is 0 Å². The van der Waals surface area contributed by atoms with Crippen molar-refractivity contribution in [1.82, 2.24) is 9.88 Å². The van der Waals surface area contributed by atoms with Crippen molar-refractivity contribution in [3.63, 3.8) is 0 Å². The molecule has 1 aliphatic heterocycles. The molecule has 1 N–H and O–H groups in total. The molecule has 2 heterocycles. The smallest absolute Gasteiger partial charge is 0.283 e. The van der Waals surface area contributed by atoms with Crippen molar-refractivity contribution < 1.29 is 14.5 Å². The van der Waals surface area contributed by atoms with Crippen LogP contribution in [0.5, 0.6) is 0 Å². The molecule has 10 heteroatoms. The summed E-state index contributed by atoms with van der Waals surface area (Å²) in [6, 6.07) is 10.7. The first kappa shape index (κ1) is 19.3. The third-order valence-corrected chi connectivity index (χ3v) is 5.91. The molecule has 2 aromatic carbocycles. The van der Waals surface area contributed by atoms with Crippen LogP contribution >= 0.6 is 22.9 Å². The van der Waals surface area contributed by atoms with Gasteiger partial charge in [-0.25, -0.2) is 4.98 Å². The van der Waals surface area contributed by atoms with E-state index in [-0.39, 0.29) is 22.2 Å². The number of hydrogen-bond acceptors (Lipinski definition) is 6. The van der Waals surface area contributed by atoms with Gasteiger partial charge in [-0.2, -0.15) is 0 Å². The third-order valence-electron chi connectivity index (χ3n) is 4.73. The molecule has 4 rings (SSSR count). The Labute approximate surface area is 174 Å². The Hall–Kier alpha value is -3.04. The molecular formula is C19H15ClN4O4S. The normalized spacial score (nSPS) is 16.2. The molecule has 0 spiro atoms. The number of likely N-dealkylation sites (tertiary alicyclic amines) is 1. The number of nitro groups is 1. The summed E-state index contributed by atoms with van der Waals surface area (Å²) in [6.45, 7) is 0.344. The number of fused-ring (bicyclic) bond motifs is 1. The number of aromatic nitrogens is 1. The molecule has 2 amide bonds. The number of nitro benzene ring substituents is 1. The molecule has 0 saturated carbocycles. The number of rotatable bonds is 4. The first-order valence-corrected chi connectivity index (χ1v) is 10.0. The highest BCUT2D eigenvalue weighted by atomic mass is 35.5. The minimum Gasteiger partial charge on any atom is -0.326 e. The van der Waals surface area contributed by atoms with Gasteiger partial charge in [0.05, 0.1) is 15.1 Å². The number of nitrogens with zero attached hydrogens (tertiary/aromatic N) is 3. The molecule has 29 heavy (non-hydrogen) atoms. The van der Waals surface area contributed by atoms with Crippen LogP contribution in [0.3, 0.4) is 0 Å². The predicted octanol–water partition coefficient (Wildman–Crippen LogP) is 4.10. The van der Waals surface area contributed by atoms with Crippen LogP contribution in [0, 0.1) is 10.1 Å². The van der Waals surface area contributed by atoms with E-state index in [4.69, 9.17) is 11.6 Å². The minimum atomic E-state index is -0.718. The molecule has 1 aromatic heterocycles. The third kappa shape index (κ3) is 3.79. The zero-order valence-corrected chi connectivity index (χ0v) is 16.6. The average molecular weight is 431 g/mol. The maximum Gasteiger partial charge on any atom is 0.283 e. The van der Waals surface area contributed by atoms with E-state index in [2.05, 4.69) is 10.3 Å². The van der Waals surface area contributed by atoms with Gasteiger partial charge in [-0.05, 0) is 37.1 Å². The average Bonchev–Trinajstić information content (AvgIpc) is 3.33. The lowest BCUT2D eigenvalue weighted by Crippen LogP contribution is -2.43.